The molecule has 1 aromatic rings. The van der Waals surface area contributed by atoms with Crippen molar-refractivity contribution in [3.63, 3.8) is 0 Å². The zero-order valence-electron chi connectivity index (χ0n) is 11.7. The number of hydrogen-bond donors (Lipinski definition) is 1. The highest BCUT2D eigenvalue weighted by atomic mass is 19.1. The summed E-state index contributed by atoms with van der Waals surface area (Å²) in [5.41, 5.74) is 6.39. The van der Waals surface area contributed by atoms with E-state index in [0.717, 1.165) is 31.2 Å². The van der Waals surface area contributed by atoms with Gasteiger partial charge < -0.3 is 15.2 Å². The Bertz CT molecular complexity index is 472. The van der Waals surface area contributed by atoms with Gasteiger partial charge in [0.15, 0.2) is 11.6 Å². The van der Waals surface area contributed by atoms with E-state index >= 15 is 0 Å². The van der Waals surface area contributed by atoms with Crippen LogP contribution >= 0.6 is 0 Å². The van der Waals surface area contributed by atoms with Crippen molar-refractivity contribution in [3.05, 3.63) is 29.6 Å². The van der Waals surface area contributed by atoms with Crippen molar-refractivity contribution in [3.8, 4) is 5.75 Å². The first kappa shape index (κ1) is 13.8. The third kappa shape index (κ3) is 2.67. The van der Waals surface area contributed by atoms with Crippen LogP contribution in [0.15, 0.2) is 18.2 Å². The van der Waals surface area contributed by atoms with Gasteiger partial charge in [0.1, 0.15) is 6.10 Å². The maximum Gasteiger partial charge on any atom is 0.165 e. The van der Waals surface area contributed by atoms with Crippen molar-refractivity contribution in [2.45, 2.75) is 56.8 Å². The van der Waals surface area contributed by atoms with Crippen molar-refractivity contribution in [1.82, 2.24) is 0 Å². The molecular weight excluding hydrogens is 257 g/mol. The second-order valence-electron chi connectivity index (χ2n) is 5.90. The molecule has 1 aliphatic carbocycles. The summed E-state index contributed by atoms with van der Waals surface area (Å²) in [6, 6.07) is 4.93. The number of nitrogens with two attached hydrogens (primary N) is 1. The molecule has 4 heteroatoms. The Morgan fingerprint density at radius 3 is 2.90 bits per heavy atom. The molecule has 0 amide bonds. The normalized spacial score (nSPS) is 25.0. The zero-order valence-corrected chi connectivity index (χ0v) is 11.7. The third-order valence-electron chi connectivity index (χ3n) is 4.52. The molecule has 20 heavy (non-hydrogen) atoms. The number of rotatable bonds is 3. The van der Waals surface area contributed by atoms with E-state index in [-0.39, 0.29) is 17.5 Å². The molecule has 0 radical (unpaired) electrons. The van der Waals surface area contributed by atoms with Crippen molar-refractivity contribution in [2.75, 3.05) is 6.61 Å². The molecule has 1 aliphatic heterocycles. The van der Waals surface area contributed by atoms with Gasteiger partial charge in [0.25, 0.3) is 0 Å². The minimum Gasteiger partial charge on any atom is -0.487 e. The molecule has 1 spiro atoms. The number of halogens is 1. The van der Waals surface area contributed by atoms with Gasteiger partial charge in [-0.1, -0.05) is 25.0 Å². The Hall–Kier alpha value is -1.13. The van der Waals surface area contributed by atoms with Crippen LogP contribution in [-0.4, -0.2) is 18.3 Å². The smallest absolute Gasteiger partial charge is 0.165 e. The van der Waals surface area contributed by atoms with Crippen LogP contribution in [0.3, 0.4) is 0 Å². The lowest BCUT2D eigenvalue weighted by atomic mass is 9.90. The summed E-state index contributed by atoms with van der Waals surface area (Å²) in [4.78, 5) is 0. The van der Waals surface area contributed by atoms with E-state index in [1.54, 1.807) is 6.07 Å². The van der Waals surface area contributed by atoms with Gasteiger partial charge in [-0.05, 0) is 18.9 Å². The molecule has 1 unspecified atom stereocenters. The summed E-state index contributed by atoms with van der Waals surface area (Å²) in [7, 11) is 0. The largest absolute Gasteiger partial charge is 0.487 e. The highest BCUT2D eigenvalue weighted by Gasteiger charge is 2.40. The Labute approximate surface area is 119 Å². The predicted molar refractivity (Wildman–Crippen MR) is 75.1 cm³/mol. The van der Waals surface area contributed by atoms with Gasteiger partial charge in [0.05, 0.1) is 12.2 Å². The van der Waals surface area contributed by atoms with Crippen LogP contribution < -0.4 is 10.5 Å². The van der Waals surface area contributed by atoms with Gasteiger partial charge in [0.2, 0.25) is 0 Å². The Morgan fingerprint density at radius 2 is 2.15 bits per heavy atom. The highest BCUT2D eigenvalue weighted by molar-refractivity contribution is 5.35. The first-order chi connectivity index (χ1) is 9.72. The van der Waals surface area contributed by atoms with Crippen LogP contribution in [0.5, 0.6) is 5.75 Å². The fourth-order valence-corrected chi connectivity index (χ4v) is 3.46. The Kier molecular flexibility index (Phi) is 3.94. The first-order valence-electron chi connectivity index (χ1n) is 7.50. The molecule has 1 heterocycles. The number of benzene rings is 1. The molecule has 3 nitrogen and oxygen atoms in total. The van der Waals surface area contributed by atoms with Crippen molar-refractivity contribution >= 4 is 0 Å². The SMILES string of the molecule is NCc1cccc(F)c1OC1CCOC2(CCCC2)C1. The van der Waals surface area contributed by atoms with Crippen LogP contribution in [0.1, 0.15) is 44.1 Å². The molecule has 3 rings (SSSR count). The van der Waals surface area contributed by atoms with Crippen LogP contribution in [-0.2, 0) is 11.3 Å². The van der Waals surface area contributed by atoms with Gasteiger partial charge in [-0.3, -0.25) is 0 Å². The third-order valence-corrected chi connectivity index (χ3v) is 4.52. The summed E-state index contributed by atoms with van der Waals surface area (Å²) in [5.74, 6) is 0.00922. The molecule has 1 atom stereocenters. The van der Waals surface area contributed by atoms with E-state index < -0.39 is 0 Å². The standard InChI is InChI=1S/C16H22FNO2/c17-14-5-3-4-12(11-18)15(14)20-13-6-9-19-16(10-13)7-1-2-8-16/h3-5,13H,1-2,6-11,18H2. The van der Waals surface area contributed by atoms with E-state index in [9.17, 15) is 4.39 Å². The Morgan fingerprint density at radius 1 is 1.35 bits per heavy atom. The molecule has 0 aromatic heterocycles. The minimum atomic E-state index is -0.320. The maximum atomic E-state index is 13.9. The van der Waals surface area contributed by atoms with Crippen molar-refractivity contribution in [2.24, 2.45) is 5.73 Å². The summed E-state index contributed by atoms with van der Waals surface area (Å²) in [5, 5.41) is 0. The summed E-state index contributed by atoms with van der Waals surface area (Å²) < 4.78 is 25.9. The van der Waals surface area contributed by atoms with Gasteiger partial charge in [-0.25, -0.2) is 4.39 Å². The molecule has 2 N–H and O–H groups in total. The van der Waals surface area contributed by atoms with Gasteiger partial charge in [-0.15, -0.1) is 0 Å². The monoisotopic (exact) mass is 279 g/mol. The van der Waals surface area contributed by atoms with E-state index in [1.165, 1.54) is 18.9 Å². The van der Waals surface area contributed by atoms with Gasteiger partial charge >= 0.3 is 0 Å². The Balaban J connectivity index is 1.74. The van der Waals surface area contributed by atoms with E-state index in [1.807, 2.05) is 6.07 Å². The fourth-order valence-electron chi connectivity index (χ4n) is 3.46. The molecule has 2 fully saturated rings. The summed E-state index contributed by atoms with van der Waals surface area (Å²) in [6.45, 7) is 0.999. The van der Waals surface area contributed by atoms with Crippen LogP contribution in [0.25, 0.3) is 0 Å². The van der Waals surface area contributed by atoms with Gasteiger partial charge in [0, 0.05) is 24.9 Å². The van der Waals surface area contributed by atoms with Crippen LogP contribution in [0, 0.1) is 5.82 Å². The second kappa shape index (κ2) is 5.70. The van der Waals surface area contributed by atoms with E-state index in [4.69, 9.17) is 15.2 Å². The van der Waals surface area contributed by atoms with Crippen LogP contribution in [0.4, 0.5) is 4.39 Å². The maximum absolute atomic E-state index is 13.9. The van der Waals surface area contributed by atoms with Crippen LogP contribution in [0.2, 0.25) is 0 Å². The topological polar surface area (TPSA) is 44.5 Å². The lowest BCUT2D eigenvalue weighted by Gasteiger charge is -2.38. The minimum absolute atomic E-state index is 0.0168. The average molecular weight is 279 g/mol. The molecule has 1 saturated heterocycles. The first-order valence-corrected chi connectivity index (χ1v) is 7.50. The zero-order chi connectivity index (χ0) is 14.0. The lowest BCUT2D eigenvalue weighted by molar-refractivity contribution is -0.108. The molecule has 0 bridgehead atoms. The molecule has 1 saturated carbocycles. The quantitative estimate of drug-likeness (QED) is 0.924. The predicted octanol–water partition coefficient (Wildman–Crippen LogP) is 3.16. The van der Waals surface area contributed by atoms with Crippen molar-refractivity contribution < 1.29 is 13.9 Å². The second-order valence-corrected chi connectivity index (χ2v) is 5.90. The molecule has 2 aliphatic rings. The van der Waals surface area contributed by atoms with E-state index in [0.29, 0.717) is 18.9 Å². The van der Waals surface area contributed by atoms with Crippen molar-refractivity contribution in [1.29, 1.82) is 0 Å². The van der Waals surface area contributed by atoms with Gasteiger partial charge in [-0.2, -0.15) is 0 Å². The number of para-hydroxylation sites is 1. The fraction of sp³-hybridized carbons (Fsp3) is 0.625. The molecule has 1 aromatic carbocycles. The average Bonchev–Trinajstić information content (AvgIpc) is 2.89. The summed E-state index contributed by atoms with van der Waals surface area (Å²) in [6.07, 6.45) is 6.37. The number of hydrogen-bond acceptors (Lipinski definition) is 3. The number of ether oxygens (including phenoxy) is 2. The lowest BCUT2D eigenvalue weighted by Crippen LogP contribution is -2.42. The molecular formula is C16H22FNO2. The van der Waals surface area contributed by atoms with E-state index in [2.05, 4.69) is 0 Å². The summed E-state index contributed by atoms with van der Waals surface area (Å²) >= 11 is 0. The highest BCUT2D eigenvalue weighted by Crippen LogP contribution is 2.41. The molecule has 110 valence electrons.